The van der Waals surface area contributed by atoms with Gasteiger partial charge >= 0.3 is 5.69 Å². The van der Waals surface area contributed by atoms with Gasteiger partial charge in [-0.05, 0) is 28.1 Å². The molecule has 0 atom stereocenters. The highest BCUT2D eigenvalue weighted by atomic mass is 79.9. The molecule has 80 valence electrons. The Kier molecular flexibility index (Phi) is 3.82. The molecule has 0 amide bonds. The van der Waals surface area contributed by atoms with Crippen molar-refractivity contribution in [2.45, 2.75) is 13.3 Å². The fraction of sp³-hybridized carbons (Fsp3) is 0.222. The summed E-state index contributed by atoms with van der Waals surface area (Å²) in [6.07, 6.45) is 0.289. The second-order valence-corrected chi connectivity index (χ2v) is 3.99. The largest absolute Gasteiger partial charge is 0.302 e. The molecule has 0 heterocycles. The highest BCUT2D eigenvalue weighted by Gasteiger charge is 2.22. The van der Waals surface area contributed by atoms with E-state index < -0.39 is 4.92 Å². The van der Waals surface area contributed by atoms with E-state index in [9.17, 15) is 14.9 Å². The molecule has 0 aliphatic carbocycles. The first-order valence-corrected chi connectivity index (χ1v) is 5.31. The normalized spacial score (nSPS) is 10.1. The molecule has 15 heavy (non-hydrogen) atoms. The van der Waals surface area contributed by atoms with Crippen LogP contribution < -0.4 is 0 Å². The van der Waals surface area contributed by atoms with Crippen molar-refractivity contribution in [2.75, 3.05) is 0 Å². The molecule has 4 nitrogen and oxygen atoms in total. The zero-order valence-electron chi connectivity index (χ0n) is 7.79. The minimum atomic E-state index is -0.612. The van der Waals surface area contributed by atoms with E-state index in [4.69, 9.17) is 11.6 Å². The smallest absolute Gasteiger partial charge is 0.294 e. The van der Waals surface area contributed by atoms with Gasteiger partial charge in [0.15, 0.2) is 5.78 Å². The molecule has 0 saturated heterocycles. The number of carbonyl (C=O) groups excluding carboxylic acids is 1. The molecule has 0 saturated carbocycles. The van der Waals surface area contributed by atoms with Gasteiger partial charge in [0.25, 0.3) is 0 Å². The monoisotopic (exact) mass is 291 g/mol. The van der Waals surface area contributed by atoms with E-state index in [-0.39, 0.29) is 33.0 Å². The molecule has 0 bridgehead atoms. The summed E-state index contributed by atoms with van der Waals surface area (Å²) in [6, 6.07) is 2.83. The fourth-order valence-corrected chi connectivity index (χ4v) is 2.17. The van der Waals surface area contributed by atoms with E-state index in [0.717, 1.165) is 0 Å². The van der Waals surface area contributed by atoms with Gasteiger partial charge < -0.3 is 0 Å². The number of ketones is 1. The Balaban J connectivity index is 3.41. The topological polar surface area (TPSA) is 60.2 Å². The van der Waals surface area contributed by atoms with E-state index in [1.54, 1.807) is 6.92 Å². The van der Waals surface area contributed by atoms with Crippen molar-refractivity contribution >= 4 is 39.0 Å². The molecule has 0 N–H and O–H groups in total. The van der Waals surface area contributed by atoms with Crippen molar-refractivity contribution in [1.29, 1.82) is 0 Å². The van der Waals surface area contributed by atoms with Crippen molar-refractivity contribution < 1.29 is 9.72 Å². The van der Waals surface area contributed by atoms with Gasteiger partial charge in [0.2, 0.25) is 0 Å². The molecular weight excluding hydrogens is 285 g/mol. The van der Waals surface area contributed by atoms with Crippen LogP contribution in [0.1, 0.15) is 23.7 Å². The van der Waals surface area contributed by atoms with Crippen LogP contribution in [0.2, 0.25) is 5.02 Å². The Bertz CT molecular complexity index is 434. The lowest BCUT2D eigenvalue weighted by molar-refractivity contribution is -0.385. The molecule has 0 spiro atoms. The average molecular weight is 293 g/mol. The van der Waals surface area contributed by atoms with Crippen LogP contribution in [-0.2, 0) is 0 Å². The van der Waals surface area contributed by atoms with Gasteiger partial charge in [-0.3, -0.25) is 14.9 Å². The van der Waals surface area contributed by atoms with E-state index >= 15 is 0 Å². The summed E-state index contributed by atoms with van der Waals surface area (Å²) in [5.41, 5.74) is 0.0181. The second kappa shape index (κ2) is 4.72. The van der Waals surface area contributed by atoms with Crippen molar-refractivity contribution in [3.05, 3.63) is 37.3 Å². The standard InChI is InChI=1S/C9H7BrClNO3/c1-2-7(13)5-3-4-6(11)9(8(5)10)12(14)15/h3-4H,2H2,1H3. The van der Waals surface area contributed by atoms with Crippen LogP contribution in [0.25, 0.3) is 0 Å². The Labute approximate surface area is 99.5 Å². The van der Waals surface area contributed by atoms with Crippen LogP contribution >= 0.6 is 27.5 Å². The maximum Gasteiger partial charge on any atom is 0.302 e. The number of nitro benzene ring substituents is 1. The van der Waals surface area contributed by atoms with E-state index in [1.165, 1.54) is 12.1 Å². The van der Waals surface area contributed by atoms with Crippen LogP contribution in [0.3, 0.4) is 0 Å². The number of nitrogens with zero attached hydrogens (tertiary/aromatic N) is 1. The highest BCUT2D eigenvalue weighted by Crippen LogP contribution is 2.35. The number of rotatable bonds is 3. The number of nitro groups is 1. The third-order valence-electron chi connectivity index (χ3n) is 1.87. The Hall–Kier alpha value is -0.940. The molecule has 6 heteroatoms. The average Bonchev–Trinajstić information content (AvgIpc) is 2.16. The first-order chi connectivity index (χ1) is 6.99. The Morgan fingerprint density at radius 1 is 1.60 bits per heavy atom. The van der Waals surface area contributed by atoms with Gasteiger partial charge in [-0.2, -0.15) is 0 Å². The number of carbonyl (C=O) groups is 1. The van der Waals surface area contributed by atoms with Gasteiger partial charge in [0.05, 0.1) is 4.92 Å². The minimum Gasteiger partial charge on any atom is -0.294 e. The van der Waals surface area contributed by atoms with Crippen LogP contribution in [0, 0.1) is 10.1 Å². The van der Waals surface area contributed by atoms with Crippen molar-refractivity contribution in [2.24, 2.45) is 0 Å². The third-order valence-corrected chi connectivity index (χ3v) is 2.98. The van der Waals surface area contributed by atoms with Gasteiger partial charge in [0.1, 0.15) is 9.50 Å². The molecule has 0 aliphatic heterocycles. The van der Waals surface area contributed by atoms with E-state index in [1.807, 2.05) is 0 Å². The minimum absolute atomic E-state index is 0.0135. The Morgan fingerprint density at radius 2 is 2.20 bits per heavy atom. The summed E-state index contributed by atoms with van der Waals surface area (Å²) in [6.45, 7) is 1.69. The predicted molar refractivity (Wildman–Crippen MR) is 60.4 cm³/mol. The summed E-state index contributed by atoms with van der Waals surface area (Å²) >= 11 is 8.69. The van der Waals surface area contributed by atoms with Crippen molar-refractivity contribution in [1.82, 2.24) is 0 Å². The number of hydrogen-bond donors (Lipinski definition) is 0. The first-order valence-electron chi connectivity index (χ1n) is 4.14. The molecule has 0 fully saturated rings. The first kappa shape index (κ1) is 12.1. The lowest BCUT2D eigenvalue weighted by Crippen LogP contribution is -2.01. The SMILES string of the molecule is CCC(=O)c1ccc(Cl)c([N+](=O)[O-])c1Br. The summed E-state index contributed by atoms with van der Waals surface area (Å²) in [5, 5.41) is 10.7. The van der Waals surface area contributed by atoms with E-state index in [2.05, 4.69) is 15.9 Å². The van der Waals surface area contributed by atoms with E-state index in [0.29, 0.717) is 0 Å². The fourth-order valence-electron chi connectivity index (χ4n) is 1.11. The lowest BCUT2D eigenvalue weighted by atomic mass is 10.1. The zero-order chi connectivity index (χ0) is 11.6. The van der Waals surface area contributed by atoms with Gasteiger partial charge in [-0.15, -0.1) is 0 Å². The molecule has 1 aromatic rings. The maximum atomic E-state index is 11.4. The van der Waals surface area contributed by atoms with Gasteiger partial charge in [-0.1, -0.05) is 18.5 Å². The number of benzene rings is 1. The zero-order valence-corrected chi connectivity index (χ0v) is 10.1. The highest BCUT2D eigenvalue weighted by molar-refractivity contribution is 9.10. The summed E-state index contributed by atoms with van der Waals surface area (Å²) in [5.74, 6) is -0.165. The predicted octanol–water partition coefficient (Wildman–Crippen LogP) is 3.60. The number of hydrogen-bond acceptors (Lipinski definition) is 3. The summed E-state index contributed by atoms with van der Waals surface area (Å²) in [7, 11) is 0. The van der Waals surface area contributed by atoms with Crippen molar-refractivity contribution in [3.63, 3.8) is 0 Å². The molecule has 0 radical (unpaired) electrons. The number of Topliss-reactive ketones (excluding diaryl/α,β-unsaturated/α-hetero) is 1. The van der Waals surface area contributed by atoms with Crippen LogP contribution in [0.4, 0.5) is 5.69 Å². The van der Waals surface area contributed by atoms with Crippen LogP contribution in [-0.4, -0.2) is 10.7 Å². The van der Waals surface area contributed by atoms with Crippen molar-refractivity contribution in [3.8, 4) is 0 Å². The summed E-state index contributed by atoms with van der Waals surface area (Å²) in [4.78, 5) is 21.5. The third kappa shape index (κ3) is 2.35. The molecule has 1 rings (SSSR count). The van der Waals surface area contributed by atoms with Crippen LogP contribution in [0.5, 0.6) is 0 Å². The molecular formula is C9H7BrClNO3. The second-order valence-electron chi connectivity index (χ2n) is 2.79. The molecule has 0 aliphatic rings. The quantitative estimate of drug-likeness (QED) is 0.486. The lowest BCUT2D eigenvalue weighted by Gasteiger charge is -2.03. The molecule has 0 aromatic heterocycles. The number of halogens is 2. The Morgan fingerprint density at radius 3 is 2.67 bits per heavy atom. The maximum absolute atomic E-state index is 11.4. The summed E-state index contributed by atoms with van der Waals surface area (Å²) < 4.78 is 0.145. The van der Waals surface area contributed by atoms with Gasteiger partial charge in [0, 0.05) is 12.0 Å². The molecule has 0 unspecified atom stereocenters. The molecule has 1 aromatic carbocycles. The van der Waals surface area contributed by atoms with Gasteiger partial charge in [-0.25, -0.2) is 0 Å². The van der Waals surface area contributed by atoms with Crippen LogP contribution in [0.15, 0.2) is 16.6 Å².